The van der Waals surface area contributed by atoms with E-state index in [1.54, 1.807) is 19.1 Å². The standard InChI is InChI=1S/C23H27FO/c1-5-19(6-2)22-15-20(23(17(4)25)13-16(22)3)11-7-9-18-10-8-12-21(24)14-18/h5,8,10,12-15,19H,1,6-7,9,11H2,2-4H3. The van der Waals surface area contributed by atoms with Gasteiger partial charge in [0, 0.05) is 11.5 Å². The van der Waals surface area contributed by atoms with Gasteiger partial charge in [-0.2, -0.15) is 0 Å². The van der Waals surface area contributed by atoms with E-state index < -0.39 is 0 Å². The third kappa shape index (κ3) is 4.88. The molecule has 2 heteroatoms. The third-order valence-electron chi connectivity index (χ3n) is 4.80. The lowest BCUT2D eigenvalue weighted by Crippen LogP contribution is -2.06. The Labute approximate surface area is 150 Å². The minimum absolute atomic E-state index is 0.0991. The molecule has 0 fully saturated rings. The number of Topliss-reactive ketones (excluding diaryl/α,β-unsaturated/α-hetero) is 1. The number of hydrogen-bond donors (Lipinski definition) is 0. The second-order valence-electron chi connectivity index (χ2n) is 6.66. The van der Waals surface area contributed by atoms with Crippen LogP contribution in [0.5, 0.6) is 0 Å². The van der Waals surface area contributed by atoms with Gasteiger partial charge in [-0.15, -0.1) is 6.58 Å². The van der Waals surface area contributed by atoms with Crippen molar-refractivity contribution in [2.45, 2.75) is 52.4 Å². The Morgan fingerprint density at radius 1 is 1.24 bits per heavy atom. The number of allylic oxidation sites excluding steroid dienone is 1. The molecule has 0 radical (unpaired) electrons. The van der Waals surface area contributed by atoms with Crippen LogP contribution >= 0.6 is 0 Å². The van der Waals surface area contributed by atoms with Crippen LogP contribution in [0.4, 0.5) is 4.39 Å². The van der Waals surface area contributed by atoms with Gasteiger partial charge in [0.25, 0.3) is 0 Å². The highest BCUT2D eigenvalue weighted by molar-refractivity contribution is 5.96. The molecular formula is C23H27FO. The molecule has 1 unspecified atom stereocenters. The SMILES string of the molecule is C=CC(CC)c1cc(CCCc2cccc(F)c2)c(C(C)=O)cc1C. The zero-order valence-electron chi connectivity index (χ0n) is 15.4. The smallest absolute Gasteiger partial charge is 0.160 e. The Morgan fingerprint density at radius 2 is 2.00 bits per heavy atom. The number of aryl methyl sites for hydroxylation is 3. The maximum atomic E-state index is 13.3. The fraction of sp³-hybridized carbons (Fsp3) is 0.348. The van der Waals surface area contributed by atoms with Gasteiger partial charge in [-0.3, -0.25) is 4.79 Å². The summed E-state index contributed by atoms with van der Waals surface area (Å²) in [5.41, 5.74) is 5.28. The van der Waals surface area contributed by atoms with E-state index in [-0.39, 0.29) is 11.6 Å². The van der Waals surface area contributed by atoms with Crippen LogP contribution in [-0.2, 0) is 12.8 Å². The predicted molar refractivity (Wildman–Crippen MR) is 103 cm³/mol. The first-order valence-electron chi connectivity index (χ1n) is 8.97. The third-order valence-corrected chi connectivity index (χ3v) is 4.80. The molecule has 0 aromatic heterocycles. The van der Waals surface area contributed by atoms with E-state index >= 15 is 0 Å². The van der Waals surface area contributed by atoms with Crippen LogP contribution in [-0.4, -0.2) is 5.78 Å². The number of carbonyl (C=O) groups excluding carboxylic acids is 1. The average Bonchev–Trinajstić information content (AvgIpc) is 2.58. The fourth-order valence-corrected chi connectivity index (χ4v) is 3.39. The predicted octanol–water partition coefficient (Wildman–Crippen LogP) is 6.19. The molecule has 0 heterocycles. The topological polar surface area (TPSA) is 17.1 Å². The number of benzene rings is 2. The van der Waals surface area contributed by atoms with Gasteiger partial charge in [0.15, 0.2) is 5.78 Å². The van der Waals surface area contributed by atoms with Crippen LogP contribution in [0.2, 0.25) is 0 Å². The van der Waals surface area contributed by atoms with Crippen molar-refractivity contribution in [3.8, 4) is 0 Å². The highest BCUT2D eigenvalue weighted by atomic mass is 19.1. The van der Waals surface area contributed by atoms with Crippen molar-refractivity contribution in [3.63, 3.8) is 0 Å². The first-order chi connectivity index (χ1) is 12.0. The zero-order valence-corrected chi connectivity index (χ0v) is 15.4. The summed E-state index contributed by atoms with van der Waals surface area (Å²) in [5, 5.41) is 0. The molecule has 0 amide bonds. The van der Waals surface area contributed by atoms with Crippen molar-refractivity contribution in [2.75, 3.05) is 0 Å². The summed E-state index contributed by atoms with van der Waals surface area (Å²) >= 11 is 0. The Kier molecular flexibility index (Phi) is 6.69. The van der Waals surface area contributed by atoms with Gasteiger partial charge >= 0.3 is 0 Å². The van der Waals surface area contributed by atoms with Crippen molar-refractivity contribution >= 4 is 5.78 Å². The number of halogens is 1. The lowest BCUT2D eigenvalue weighted by molar-refractivity contribution is 0.101. The minimum atomic E-state index is -0.198. The minimum Gasteiger partial charge on any atom is -0.295 e. The molecule has 132 valence electrons. The van der Waals surface area contributed by atoms with E-state index in [4.69, 9.17) is 0 Å². The highest BCUT2D eigenvalue weighted by Crippen LogP contribution is 2.28. The lowest BCUT2D eigenvalue weighted by atomic mass is 9.87. The van der Waals surface area contributed by atoms with Crippen molar-refractivity contribution in [1.29, 1.82) is 0 Å². The molecule has 1 nitrogen and oxygen atoms in total. The molecule has 0 saturated heterocycles. The molecule has 0 spiro atoms. The Morgan fingerprint density at radius 3 is 2.60 bits per heavy atom. The Hall–Kier alpha value is -2.22. The van der Waals surface area contributed by atoms with Crippen molar-refractivity contribution in [3.05, 3.63) is 82.7 Å². The van der Waals surface area contributed by atoms with E-state index in [0.29, 0.717) is 5.92 Å². The molecule has 0 aliphatic rings. The van der Waals surface area contributed by atoms with Gasteiger partial charge in [-0.05, 0) is 80.0 Å². The summed E-state index contributed by atoms with van der Waals surface area (Å²) in [4.78, 5) is 12.0. The van der Waals surface area contributed by atoms with Crippen LogP contribution in [0.3, 0.4) is 0 Å². The highest BCUT2D eigenvalue weighted by Gasteiger charge is 2.15. The quantitative estimate of drug-likeness (QED) is 0.414. The molecule has 25 heavy (non-hydrogen) atoms. The van der Waals surface area contributed by atoms with Crippen molar-refractivity contribution in [1.82, 2.24) is 0 Å². The van der Waals surface area contributed by atoms with Gasteiger partial charge in [0.1, 0.15) is 5.82 Å². The fourth-order valence-electron chi connectivity index (χ4n) is 3.39. The molecule has 0 saturated carbocycles. The van der Waals surface area contributed by atoms with Crippen LogP contribution in [0.15, 0.2) is 49.1 Å². The van der Waals surface area contributed by atoms with Crippen LogP contribution < -0.4 is 0 Å². The van der Waals surface area contributed by atoms with Gasteiger partial charge in [0.05, 0.1) is 0 Å². The molecule has 0 aliphatic carbocycles. The number of hydrogen-bond acceptors (Lipinski definition) is 1. The first-order valence-corrected chi connectivity index (χ1v) is 8.97. The summed E-state index contributed by atoms with van der Waals surface area (Å²) in [7, 11) is 0. The molecular weight excluding hydrogens is 311 g/mol. The van der Waals surface area contributed by atoms with Crippen LogP contribution in [0.25, 0.3) is 0 Å². The molecule has 2 rings (SSSR count). The van der Waals surface area contributed by atoms with E-state index in [1.165, 1.54) is 11.6 Å². The number of carbonyl (C=O) groups is 1. The van der Waals surface area contributed by atoms with E-state index in [9.17, 15) is 9.18 Å². The van der Waals surface area contributed by atoms with Crippen molar-refractivity contribution in [2.24, 2.45) is 0 Å². The average molecular weight is 338 g/mol. The Bertz CT molecular complexity index is 761. The van der Waals surface area contributed by atoms with Gasteiger partial charge in [-0.25, -0.2) is 4.39 Å². The normalized spacial score (nSPS) is 12.0. The number of rotatable bonds is 8. The molecule has 2 aromatic carbocycles. The monoisotopic (exact) mass is 338 g/mol. The van der Waals surface area contributed by atoms with Gasteiger partial charge < -0.3 is 0 Å². The maximum absolute atomic E-state index is 13.3. The van der Waals surface area contributed by atoms with Crippen LogP contribution in [0, 0.1) is 12.7 Å². The molecule has 2 aromatic rings. The molecule has 0 aliphatic heterocycles. The molecule has 0 N–H and O–H groups in total. The Balaban J connectivity index is 2.23. The second kappa shape index (κ2) is 8.75. The largest absolute Gasteiger partial charge is 0.295 e. The number of ketones is 1. The molecule has 0 bridgehead atoms. The summed E-state index contributed by atoms with van der Waals surface area (Å²) in [6.07, 6.45) is 5.47. The summed E-state index contributed by atoms with van der Waals surface area (Å²) < 4.78 is 13.3. The first kappa shape index (κ1) is 19.1. The van der Waals surface area contributed by atoms with Gasteiger partial charge in [0.2, 0.25) is 0 Å². The summed E-state index contributed by atoms with van der Waals surface area (Å²) in [6, 6.07) is 10.9. The van der Waals surface area contributed by atoms with E-state index in [1.807, 2.05) is 18.2 Å². The van der Waals surface area contributed by atoms with Crippen LogP contribution in [0.1, 0.15) is 65.2 Å². The zero-order chi connectivity index (χ0) is 18.4. The van der Waals surface area contributed by atoms with Gasteiger partial charge in [-0.1, -0.05) is 31.2 Å². The van der Waals surface area contributed by atoms with E-state index in [2.05, 4.69) is 26.5 Å². The summed E-state index contributed by atoms with van der Waals surface area (Å²) in [5.74, 6) is 0.210. The molecule has 1 atom stereocenters. The van der Waals surface area contributed by atoms with E-state index in [0.717, 1.165) is 47.9 Å². The summed E-state index contributed by atoms with van der Waals surface area (Å²) in [6.45, 7) is 9.77. The second-order valence-corrected chi connectivity index (χ2v) is 6.66. The lowest BCUT2D eigenvalue weighted by Gasteiger charge is -2.18. The maximum Gasteiger partial charge on any atom is 0.160 e. The van der Waals surface area contributed by atoms with Crippen molar-refractivity contribution < 1.29 is 9.18 Å².